The second-order valence-corrected chi connectivity index (χ2v) is 4.43. The van der Waals surface area contributed by atoms with Crippen molar-refractivity contribution in [2.45, 2.75) is 18.9 Å². The van der Waals surface area contributed by atoms with E-state index >= 15 is 0 Å². The summed E-state index contributed by atoms with van der Waals surface area (Å²) in [6, 6.07) is -0.145. The van der Waals surface area contributed by atoms with Gasteiger partial charge in [-0.25, -0.2) is 4.98 Å². The Morgan fingerprint density at radius 3 is 2.89 bits per heavy atom. The number of nitrogens with zero attached hydrogens (tertiary/aromatic N) is 2. The lowest BCUT2D eigenvalue weighted by molar-refractivity contribution is 0.0378. The lowest BCUT2D eigenvalue weighted by Gasteiger charge is -2.29. The summed E-state index contributed by atoms with van der Waals surface area (Å²) in [7, 11) is 3.09. The molecule has 7 heteroatoms. The molecule has 7 nitrogen and oxygen atoms in total. The van der Waals surface area contributed by atoms with E-state index in [2.05, 4.69) is 15.4 Å². The van der Waals surface area contributed by atoms with Crippen LogP contribution >= 0.6 is 0 Å². The molecule has 1 fully saturated rings. The molecule has 1 aliphatic rings. The molecule has 3 N–H and O–H groups in total. The summed E-state index contributed by atoms with van der Waals surface area (Å²) in [6.45, 7) is 1.46. The molecular formula is C12H20N4O3. The van der Waals surface area contributed by atoms with Crippen molar-refractivity contribution in [1.29, 1.82) is 0 Å². The van der Waals surface area contributed by atoms with Gasteiger partial charge >= 0.3 is 0 Å². The van der Waals surface area contributed by atoms with E-state index in [-0.39, 0.29) is 12.0 Å². The van der Waals surface area contributed by atoms with Gasteiger partial charge in [-0.15, -0.1) is 0 Å². The van der Waals surface area contributed by atoms with Crippen molar-refractivity contribution in [3.63, 3.8) is 0 Å². The third-order valence-electron chi connectivity index (χ3n) is 3.29. The number of hydrogen-bond acceptors (Lipinski definition) is 7. The number of nitrogens with two attached hydrogens (primary N) is 1. The molecule has 1 aromatic rings. The number of rotatable bonds is 5. The molecule has 106 valence electrons. The van der Waals surface area contributed by atoms with E-state index in [0.717, 1.165) is 19.4 Å². The highest BCUT2D eigenvalue weighted by molar-refractivity contribution is 5.26. The minimum absolute atomic E-state index is 0.145. The zero-order valence-electron chi connectivity index (χ0n) is 11.3. The maximum absolute atomic E-state index is 5.67. The number of hydrogen-bond donors (Lipinski definition) is 2. The van der Waals surface area contributed by atoms with E-state index in [1.807, 2.05) is 0 Å². The highest BCUT2D eigenvalue weighted by atomic mass is 16.5. The largest absolute Gasteiger partial charge is 0.480 e. The van der Waals surface area contributed by atoms with Crippen LogP contribution in [-0.4, -0.2) is 37.4 Å². The Morgan fingerprint density at radius 2 is 2.32 bits per heavy atom. The number of ether oxygens (including phenoxy) is 3. The average molecular weight is 268 g/mol. The quantitative estimate of drug-likeness (QED) is 0.591. The van der Waals surface area contributed by atoms with E-state index in [9.17, 15) is 0 Å². The molecular weight excluding hydrogens is 248 g/mol. The van der Waals surface area contributed by atoms with Crippen LogP contribution in [0.25, 0.3) is 0 Å². The zero-order valence-corrected chi connectivity index (χ0v) is 11.3. The Labute approximate surface area is 112 Å². The van der Waals surface area contributed by atoms with Gasteiger partial charge in [0.25, 0.3) is 0 Å². The first-order valence-electron chi connectivity index (χ1n) is 6.29. The van der Waals surface area contributed by atoms with Crippen molar-refractivity contribution >= 4 is 0 Å². The lowest BCUT2D eigenvalue weighted by Crippen LogP contribution is -2.38. The van der Waals surface area contributed by atoms with Gasteiger partial charge in [0.2, 0.25) is 11.8 Å². The topological polar surface area (TPSA) is 91.5 Å². The summed E-state index contributed by atoms with van der Waals surface area (Å²) in [5.74, 6) is 6.77. The summed E-state index contributed by atoms with van der Waals surface area (Å²) in [5, 5.41) is 0. The second-order valence-electron chi connectivity index (χ2n) is 4.43. The smallest absolute Gasteiger partial charge is 0.240 e. The fraction of sp³-hybridized carbons (Fsp3) is 0.667. The fourth-order valence-corrected chi connectivity index (χ4v) is 2.29. The number of nitrogens with one attached hydrogen (secondary N) is 1. The van der Waals surface area contributed by atoms with E-state index in [4.69, 9.17) is 20.1 Å². The van der Waals surface area contributed by atoms with Gasteiger partial charge in [-0.2, -0.15) is 4.98 Å². The molecule has 0 bridgehead atoms. The summed E-state index contributed by atoms with van der Waals surface area (Å²) < 4.78 is 15.8. The molecule has 0 amide bonds. The van der Waals surface area contributed by atoms with Gasteiger partial charge < -0.3 is 14.2 Å². The Bertz CT molecular complexity index is 410. The average Bonchev–Trinajstić information content (AvgIpc) is 2.49. The van der Waals surface area contributed by atoms with Crippen molar-refractivity contribution in [2.75, 3.05) is 27.4 Å². The van der Waals surface area contributed by atoms with Crippen LogP contribution in [0.1, 0.15) is 24.6 Å². The van der Waals surface area contributed by atoms with E-state index in [1.54, 1.807) is 13.3 Å². The molecule has 0 radical (unpaired) electrons. The minimum Gasteiger partial charge on any atom is -0.480 e. The molecule has 1 aliphatic heterocycles. The second kappa shape index (κ2) is 6.65. The molecule has 19 heavy (non-hydrogen) atoms. The molecule has 1 saturated heterocycles. The minimum atomic E-state index is -0.145. The molecule has 2 heterocycles. The predicted octanol–water partition coefficient (Wildman–Crippen LogP) is 0.425. The number of hydrazine groups is 1. The monoisotopic (exact) mass is 268 g/mol. The van der Waals surface area contributed by atoms with Crippen molar-refractivity contribution < 1.29 is 14.2 Å². The van der Waals surface area contributed by atoms with Crippen LogP contribution in [0.4, 0.5) is 0 Å². The van der Waals surface area contributed by atoms with Gasteiger partial charge in [0, 0.05) is 12.5 Å². The summed E-state index contributed by atoms with van der Waals surface area (Å²) in [5.41, 5.74) is 3.48. The molecule has 0 spiro atoms. The Morgan fingerprint density at radius 1 is 1.47 bits per heavy atom. The van der Waals surface area contributed by atoms with Crippen LogP contribution in [0.3, 0.4) is 0 Å². The van der Waals surface area contributed by atoms with Crippen LogP contribution in [0.2, 0.25) is 0 Å². The summed E-state index contributed by atoms with van der Waals surface area (Å²) >= 11 is 0. The molecule has 0 aliphatic carbocycles. The molecule has 0 saturated carbocycles. The SMILES string of the molecule is COc1cnc(C(NN)C2CCCOC2)c(OC)n1. The van der Waals surface area contributed by atoms with E-state index in [1.165, 1.54) is 7.11 Å². The Balaban J connectivity index is 2.26. The molecule has 2 rings (SSSR count). The summed E-state index contributed by atoms with van der Waals surface area (Å²) in [4.78, 5) is 8.59. The van der Waals surface area contributed by atoms with E-state index in [0.29, 0.717) is 24.1 Å². The normalized spacial score (nSPS) is 20.9. The Kier molecular flexibility index (Phi) is 4.89. The van der Waals surface area contributed by atoms with Crippen molar-refractivity contribution in [3.8, 4) is 11.8 Å². The standard InChI is InChI=1S/C12H20N4O3/c1-17-9-6-14-11(12(15-9)18-2)10(16-13)8-4-3-5-19-7-8/h6,8,10,16H,3-5,7,13H2,1-2H3. The van der Waals surface area contributed by atoms with Gasteiger partial charge in [-0.3, -0.25) is 11.3 Å². The highest BCUT2D eigenvalue weighted by Gasteiger charge is 2.29. The maximum Gasteiger partial charge on any atom is 0.240 e. The van der Waals surface area contributed by atoms with Gasteiger partial charge in [-0.1, -0.05) is 0 Å². The number of aromatic nitrogens is 2. The lowest BCUT2D eigenvalue weighted by atomic mass is 9.92. The van der Waals surface area contributed by atoms with Gasteiger partial charge in [0.05, 0.1) is 33.1 Å². The van der Waals surface area contributed by atoms with Gasteiger partial charge in [-0.05, 0) is 12.8 Å². The van der Waals surface area contributed by atoms with Crippen molar-refractivity contribution in [1.82, 2.24) is 15.4 Å². The first-order chi connectivity index (χ1) is 9.30. The van der Waals surface area contributed by atoms with E-state index < -0.39 is 0 Å². The Hall–Kier alpha value is -1.44. The van der Waals surface area contributed by atoms with Crippen LogP contribution < -0.4 is 20.7 Å². The van der Waals surface area contributed by atoms with Gasteiger partial charge in [0.15, 0.2) is 0 Å². The number of methoxy groups -OCH3 is 2. The molecule has 1 aromatic heterocycles. The van der Waals surface area contributed by atoms with Crippen LogP contribution in [-0.2, 0) is 4.74 Å². The third kappa shape index (κ3) is 3.12. The highest BCUT2D eigenvalue weighted by Crippen LogP contribution is 2.32. The molecule has 0 aromatic carbocycles. The first-order valence-corrected chi connectivity index (χ1v) is 6.29. The maximum atomic E-state index is 5.67. The van der Waals surface area contributed by atoms with Crippen molar-refractivity contribution in [2.24, 2.45) is 11.8 Å². The van der Waals surface area contributed by atoms with Crippen LogP contribution in [0.15, 0.2) is 6.20 Å². The predicted molar refractivity (Wildman–Crippen MR) is 68.7 cm³/mol. The zero-order chi connectivity index (χ0) is 13.7. The van der Waals surface area contributed by atoms with Crippen molar-refractivity contribution in [3.05, 3.63) is 11.9 Å². The fourth-order valence-electron chi connectivity index (χ4n) is 2.29. The molecule has 2 unspecified atom stereocenters. The van der Waals surface area contributed by atoms with Gasteiger partial charge in [0.1, 0.15) is 5.69 Å². The summed E-state index contributed by atoms with van der Waals surface area (Å²) in [6.07, 6.45) is 3.62. The first kappa shape index (κ1) is 14.0. The molecule has 2 atom stereocenters. The third-order valence-corrected chi connectivity index (χ3v) is 3.29. The van der Waals surface area contributed by atoms with Crippen LogP contribution in [0.5, 0.6) is 11.8 Å². The van der Waals surface area contributed by atoms with Crippen LogP contribution in [0, 0.1) is 5.92 Å².